The van der Waals surface area contributed by atoms with Crippen molar-refractivity contribution in [1.29, 1.82) is 0 Å². The zero-order valence-electron chi connectivity index (χ0n) is 14.4. The number of aromatic nitrogens is 3. The molecule has 0 unspecified atom stereocenters. The fourth-order valence-corrected chi connectivity index (χ4v) is 2.59. The largest absolute Gasteiger partial charge is 0.322 e. The molecule has 0 bridgehead atoms. The summed E-state index contributed by atoms with van der Waals surface area (Å²) in [6.45, 7) is 10.3. The number of hydrogen-bond acceptors (Lipinski definition) is 4. The molecule has 0 saturated carbocycles. The lowest BCUT2D eigenvalue weighted by Crippen LogP contribution is -2.34. The highest BCUT2D eigenvalue weighted by atomic mass is 16.1. The van der Waals surface area contributed by atoms with E-state index >= 15 is 0 Å². The van der Waals surface area contributed by atoms with Crippen molar-refractivity contribution in [1.82, 2.24) is 20.5 Å². The van der Waals surface area contributed by atoms with Crippen LogP contribution in [0, 0.1) is 26.7 Å². The van der Waals surface area contributed by atoms with Crippen LogP contribution >= 0.6 is 0 Å². The molecule has 3 N–H and O–H groups in total. The van der Waals surface area contributed by atoms with Crippen molar-refractivity contribution in [3.05, 3.63) is 41.0 Å². The molecule has 23 heavy (non-hydrogen) atoms. The summed E-state index contributed by atoms with van der Waals surface area (Å²) in [7, 11) is 0. The number of pyridine rings is 1. The van der Waals surface area contributed by atoms with Gasteiger partial charge >= 0.3 is 0 Å². The Kier molecular flexibility index (Phi) is 5.50. The van der Waals surface area contributed by atoms with E-state index in [0.717, 1.165) is 28.3 Å². The van der Waals surface area contributed by atoms with Crippen molar-refractivity contribution in [3.8, 4) is 0 Å². The molecule has 0 aliphatic heterocycles. The first kappa shape index (κ1) is 17.1. The fraction of sp³-hybridized carbons (Fsp3) is 0.471. The van der Waals surface area contributed by atoms with Crippen molar-refractivity contribution in [2.45, 2.75) is 40.7 Å². The summed E-state index contributed by atoms with van der Waals surface area (Å²) in [6.07, 6.45) is 1.79. The van der Waals surface area contributed by atoms with Crippen LogP contribution in [0.15, 0.2) is 18.3 Å². The van der Waals surface area contributed by atoms with Crippen LogP contribution in [0.1, 0.15) is 42.5 Å². The van der Waals surface area contributed by atoms with E-state index in [2.05, 4.69) is 39.7 Å². The summed E-state index contributed by atoms with van der Waals surface area (Å²) in [5.41, 5.74) is 4.52. The van der Waals surface area contributed by atoms with E-state index in [1.165, 1.54) is 0 Å². The quantitative estimate of drug-likeness (QED) is 0.765. The standard InChI is InChI=1S/C17H25N5O/c1-10(2)15(16-11(3)7-6-8-18-16)19-9-14(23)20-17-12(4)21-22-13(17)5/h6-8,10,15,19H,9H2,1-5H3,(H,20,23)(H,21,22)/t15-/m1/s1. The molecule has 0 aliphatic rings. The number of aromatic amines is 1. The highest BCUT2D eigenvalue weighted by Crippen LogP contribution is 2.22. The highest BCUT2D eigenvalue weighted by Gasteiger charge is 2.20. The average molecular weight is 315 g/mol. The molecule has 6 nitrogen and oxygen atoms in total. The lowest BCUT2D eigenvalue weighted by molar-refractivity contribution is -0.115. The lowest BCUT2D eigenvalue weighted by atomic mass is 9.97. The Morgan fingerprint density at radius 1 is 1.30 bits per heavy atom. The zero-order valence-corrected chi connectivity index (χ0v) is 14.4. The van der Waals surface area contributed by atoms with Crippen molar-refractivity contribution in [2.75, 3.05) is 11.9 Å². The minimum atomic E-state index is -0.0863. The molecule has 124 valence electrons. The van der Waals surface area contributed by atoms with Gasteiger partial charge in [-0.25, -0.2) is 0 Å². The van der Waals surface area contributed by atoms with E-state index in [0.29, 0.717) is 5.92 Å². The summed E-state index contributed by atoms with van der Waals surface area (Å²) < 4.78 is 0. The fourth-order valence-electron chi connectivity index (χ4n) is 2.59. The maximum atomic E-state index is 12.2. The Morgan fingerprint density at radius 3 is 2.61 bits per heavy atom. The summed E-state index contributed by atoms with van der Waals surface area (Å²) in [4.78, 5) is 16.7. The SMILES string of the molecule is Cc1cccnc1[C@H](NCC(=O)Nc1c(C)n[nH]c1C)C(C)C. The second kappa shape index (κ2) is 7.37. The molecule has 0 saturated heterocycles. The maximum absolute atomic E-state index is 12.2. The average Bonchev–Trinajstić information content (AvgIpc) is 2.81. The first-order valence-electron chi connectivity index (χ1n) is 7.86. The van der Waals surface area contributed by atoms with Crippen LogP contribution in [0.2, 0.25) is 0 Å². The minimum absolute atomic E-state index is 0.0356. The van der Waals surface area contributed by atoms with Crippen molar-refractivity contribution in [3.63, 3.8) is 0 Å². The van der Waals surface area contributed by atoms with Gasteiger partial charge in [0.25, 0.3) is 0 Å². The Bertz CT molecular complexity index is 658. The van der Waals surface area contributed by atoms with E-state index < -0.39 is 0 Å². The molecule has 2 heterocycles. The van der Waals surface area contributed by atoms with Crippen LogP contribution in [0.3, 0.4) is 0 Å². The van der Waals surface area contributed by atoms with Crippen LogP contribution in [-0.4, -0.2) is 27.6 Å². The molecular formula is C17H25N5O. The third-order valence-electron chi connectivity index (χ3n) is 3.89. The van der Waals surface area contributed by atoms with Gasteiger partial charge in [-0.3, -0.25) is 20.2 Å². The van der Waals surface area contributed by atoms with E-state index in [1.54, 1.807) is 6.20 Å². The van der Waals surface area contributed by atoms with Crippen molar-refractivity contribution in [2.24, 2.45) is 5.92 Å². The Hall–Kier alpha value is -2.21. The summed E-state index contributed by atoms with van der Waals surface area (Å²) in [5, 5.41) is 13.2. The van der Waals surface area contributed by atoms with Gasteiger partial charge in [-0.1, -0.05) is 19.9 Å². The number of nitrogens with zero attached hydrogens (tertiary/aromatic N) is 2. The molecule has 0 aliphatic carbocycles. The lowest BCUT2D eigenvalue weighted by Gasteiger charge is -2.23. The number of nitrogens with one attached hydrogen (secondary N) is 3. The molecule has 6 heteroatoms. The first-order valence-corrected chi connectivity index (χ1v) is 7.86. The van der Waals surface area contributed by atoms with Gasteiger partial charge in [0.05, 0.1) is 35.4 Å². The summed E-state index contributed by atoms with van der Waals surface area (Å²) in [6, 6.07) is 4.00. The Balaban J connectivity index is 2.02. The molecule has 0 fully saturated rings. The first-order chi connectivity index (χ1) is 10.9. The number of rotatable bonds is 6. The second-order valence-corrected chi connectivity index (χ2v) is 6.17. The van der Waals surface area contributed by atoms with Crippen molar-refractivity contribution < 1.29 is 4.79 Å². The predicted molar refractivity (Wildman–Crippen MR) is 91.2 cm³/mol. The molecule has 1 atom stereocenters. The molecule has 2 rings (SSSR count). The van der Waals surface area contributed by atoms with E-state index in [-0.39, 0.29) is 18.5 Å². The van der Waals surface area contributed by atoms with Gasteiger partial charge in [-0.2, -0.15) is 5.10 Å². The highest BCUT2D eigenvalue weighted by molar-refractivity contribution is 5.93. The Labute approximate surface area is 137 Å². The predicted octanol–water partition coefficient (Wildman–Crippen LogP) is 2.66. The van der Waals surface area contributed by atoms with Crippen LogP contribution in [0.25, 0.3) is 0 Å². The number of aryl methyl sites for hydroxylation is 3. The zero-order chi connectivity index (χ0) is 17.0. The van der Waals surface area contributed by atoms with Gasteiger partial charge in [-0.15, -0.1) is 0 Å². The smallest absolute Gasteiger partial charge is 0.238 e. The number of carbonyl (C=O) groups is 1. The van der Waals surface area contributed by atoms with Crippen molar-refractivity contribution >= 4 is 11.6 Å². The molecular weight excluding hydrogens is 290 g/mol. The van der Waals surface area contributed by atoms with E-state index in [1.807, 2.05) is 32.9 Å². The summed E-state index contributed by atoms with van der Waals surface area (Å²) in [5.74, 6) is 0.241. The normalized spacial score (nSPS) is 12.4. The monoisotopic (exact) mass is 315 g/mol. The van der Waals surface area contributed by atoms with Gasteiger partial charge in [-0.05, 0) is 38.3 Å². The van der Waals surface area contributed by atoms with Gasteiger partial charge in [0.2, 0.25) is 5.91 Å². The van der Waals surface area contributed by atoms with Gasteiger partial charge in [0.1, 0.15) is 0 Å². The molecule has 0 radical (unpaired) electrons. The number of hydrogen-bond donors (Lipinski definition) is 3. The Morgan fingerprint density at radius 2 is 2.04 bits per heavy atom. The third kappa shape index (κ3) is 4.16. The van der Waals surface area contributed by atoms with Crippen LogP contribution in [0.4, 0.5) is 5.69 Å². The van der Waals surface area contributed by atoms with Gasteiger partial charge < -0.3 is 5.32 Å². The molecule has 0 spiro atoms. The number of amides is 1. The maximum Gasteiger partial charge on any atom is 0.238 e. The molecule has 0 aromatic carbocycles. The molecule has 2 aromatic heterocycles. The molecule has 1 amide bonds. The number of H-pyrrole nitrogens is 1. The van der Waals surface area contributed by atoms with Gasteiger partial charge in [0, 0.05) is 6.20 Å². The van der Waals surface area contributed by atoms with E-state index in [9.17, 15) is 4.79 Å². The number of anilines is 1. The topological polar surface area (TPSA) is 82.7 Å². The van der Waals surface area contributed by atoms with Crippen LogP contribution < -0.4 is 10.6 Å². The number of carbonyl (C=O) groups excluding carboxylic acids is 1. The van der Waals surface area contributed by atoms with E-state index in [4.69, 9.17) is 0 Å². The van der Waals surface area contributed by atoms with Crippen LogP contribution in [-0.2, 0) is 4.79 Å². The van der Waals surface area contributed by atoms with Gasteiger partial charge in [0.15, 0.2) is 0 Å². The molecule has 2 aromatic rings. The summed E-state index contributed by atoms with van der Waals surface area (Å²) >= 11 is 0. The van der Waals surface area contributed by atoms with Crippen LogP contribution in [0.5, 0.6) is 0 Å². The third-order valence-corrected chi connectivity index (χ3v) is 3.89. The minimum Gasteiger partial charge on any atom is -0.322 e. The second-order valence-electron chi connectivity index (χ2n) is 6.17.